The number of ether oxygens (including phenoxy) is 2. The third-order valence-electron chi connectivity index (χ3n) is 2.90. The zero-order chi connectivity index (χ0) is 15.5. The Balaban J connectivity index is 2.02. The van der Waals surface area contributed by atoms with E-state index in [9.17, 15) is 4.79 Å². The second-order valence-corrected chi connectivity index (χ2v) is 7.57. The fourth-order valence-corrected chi connectivity index (χ4v) is 2.84. The van der Waals surface area contributed by atoms with Crippen LogP contribution in [0.2, 0.25) is 0 Å². The van der Waals surface area contributed by atoms with E-state index in [1.165, 1.54) is 11.8 Å². The molecule has 1 aromatic carbocycles. The van der Waals surface area contributed by atoms with Crippen LogP contribution < -0.4 is 14.8 Å². The van der Waals surface area contributed by atoms with Gasteiger partial charge >= 0.3 is 0 Å². The predicted octanol–water partition coefficient (Wildman–Crippen LogP) is 3.24. The molecule has 21 heavy (non-hydrogen) atoms. The van der Waals surface area contributed by atoms with Crippen molar-refractivity contribution in [3.63, 3.8) is 0 Å². The predicted molar refractivity (Wildman–Crippen MR) is 85.3 cm³/mol. The fraction of sp³-hybridized carbons (Fsp3) is 0.562. The van der Waals surface area contributed by atoms with Crippen molar-refractivity contribution in [1.82, 2.24) is 5.32 Å². The van der Waals surface area contributed by atoms with Gasteiger partial charge in [-0.25, -0.2) is 0 Å². The smallest absolute Gasteiger partial charge is 0.233 e. The molecule has 5 heteroatoms. The van der Waals surface area contributed by atoms with E-state index in [-0.39, 0.29) is 16.7 Å². The van der Waals surface area contributed by atoms with E-state index in [0.29, 0.717) is 13.2 Å². The van der Waals surface area contributed by atoms with E-state index in [2.05, 4.69) is 5.32 Å². The van der Waals surface area contributed by atoms with Gasteiger partial charge < -0.3 is 14.8 Å². The Morgan fingerprint density at radius 3 is 2.57 bits per heavy atom. The van der Waals surface area contributed by atoms with Crippen molar-refractivity contribution in [3.8, 4) is 11.5 Å². The fourth-order valence-electron chi connectivity index (χ4n) is 1.95. The summed E-state index contributed by atoms with van der Waals surface area (Å²) in [6, 6.07) is 5.84. The van der Waals surface area contributed by atoms with Crippen LogP contribution in [-0.4, -0.2) is 29.9 Å². The third kappa shape index (κ3) is 4.84. The summed E-state index contributed by atoms with van der Waals surface area (Å²) in [4.78, 5) is 13.1. The SMILES string of the molecule is C[C@H](Sc1ccc2c(c1)OCCCO2)C(=O)NC(C)(C)C. The van der Waals surface area contributed by atoms with E-state index in [1.807, 2.05) is 45.9 Å². The summed E-state index contributed by atoms with van der Waals surface area (Å²) in [5, 5.41) is 2.84. The lowest BCUT2D eigenvalue weighted by Crippen LogP contribution is -2.44. The summed E-state index contributed by atoms with van der Waals surface area (Å²) >= 11 is 1.52. The zero-order valence-corrected chi connectivity index (χ0v) is 13.9. The largest absolute Gasteiger partial charge is 0.490 e. The summed E-state index contributed by atoms with van der Waals surface area (Å²) in [5.41, 5.74) is -0.212. The van der Waals surface area contributed by atoms with Crippen LogP contribution in [0.1, 0.15) is 34.1 Å². The first-order valence-electron chi connectivity index (χ1n) is 7.23. The van der Waals surface area contributed by atoms with Gasteiger partial charge in [0.15, 0.2) is 11.5 Å². The Bertz CT molecular complexity index is 511. The lowest BCUT2D eigenvalue weighted by Gasteiger charge is -2.23. The Labute approximate surface area is 130 Å². The number of rotatable bonds is 3. The van der Waals surface area contributed by atoms with Crippen LogP contribution in [0.15, 0.2) is 23.1 Å². The molecule has 0 radical (unpaired) electrons. The normalized spacial score (nSPS) is 16.0. The summed E-state index contributed by atoms with van der Waals surface area (Å²) in [7, 11) is 0. The molecule has 116 valence electrons. The number of nitrogens with one attached hydrogen (secondary N) is 1. The van der Waals surface area contributed by atoms with Crippen LogP contribution in [0.3, 0.4) is 0 Å². The van der Waals surface area contributed by atoms with Crippen molar-refractivity contribution < 1.29 is 14.3 Å². The highest BCUT2D eigenvalue weighted by Crippen LogP contribution is 2.35. The molecule has 1 aliphatic rings. The number of carbonyl (C=O) groups excluding carboxylic acids is 1. The maximum absolute atomic E-state index is 12.1. The Morgan fingerprint density at radius 1 is 1.24 bits per heavy atom. The number of amides is 1. The molecule has 1 amide bonds. The molecular formula is C16H23NO3S. The molecule has 1 N–H and O–H groups in total. The molecule has 0 saturated heterocycles. The van der Waals surface area contributed by atoms with Crippen LogP contribution in [0.5, 0.6) is 11.5 Å². The van der Waals surface area contributed by atoms with Crippen molar-refractivity contribution in [3.05, 3.63) is 18.2 Å². The maximum Gasteiger partial charge on any atom is 0.233 e. The molecule has 1 heterocycles. The topological polar surface area (TPSA) is 47.6 Å². The molecule has 1 aliphatic heterocycles. The van der Waals surface area contributed by atoms with Crippen molar-refractivity contribution in [2.75, 3.05) is 13.2 Å². The molecule has 0 aromatic heterocycles. The highest BCUT2D eigenvalue weighted by molar-refractivity contribution is 8.00. The first kappa shape index (κ1) is 16.0. The molecule has 0 saturated carbocycles. The minimum Gasteiger partial charge on any atom is -0.490 e. The van der Waals surface area contributed by atoms with Gasteiger partial charge in [0, 0.05) is 16.9 Å². The van der Waals surface area contributed by atoms with Crippen LogP contribution in [0.25, 0.3) is 0 Å². The second-order valence-electron chi connectivity index (χ2n) is 6.16. The van der Waals surface area contributed by atoms with Gasteiger partial charge in [0.1, 0.15) is 0 Å². The number of fused-ring (bicyclic) bond motifs is 1. The molecule has 0 spiro atoms. The summed E-state index contributed by atoms with van der Waals surface area (Å²) in [6.45, 7) is 9.21. The molecule has 1 atom stereocenters. The van der Waals surface area contributed by atoms with E-state index in [4.69, 9.17) is 9.47 Å². The van der Waals surface area contributed by atoms with Crippen LogP contribution in [0.4, 0.5) is 0 Å². The summed E-state index contributed by atoms with van der Waals surface area (Å²) in [6.07, 6.45) is 0.890. The molecule has 0 bridgehead atoms. The van der Waals surface area contributed by atoms with Gasteiger partial charge in [-0.3, -0.25) is 4.79 Å². The lowest BCUT2D eigenvalue weighted by molar-refractivity contribution is -0.121. The number of benzene rings is 1. The molecule has 4 nitrogen and oxygen atoms in total. The Kier molecular flexibility index (Phi) is 5.04. The second kappa shape index (κ2) is 6.60. The first-order valence-corrected chi connectivity index (χ1v) is 8.11. The number of hydrogen-bond donors (Lipinski definition) is 1. The minimum atomic E-state index is -0.212. The molecule has 1 aromatic rings. The van der Waals surface area contributed by atoms with E-state index >= 15 is 0 Å². The zero-order valence-electron chi connectivity index (χ0n) is 13.1. The Morgan fingerprint density at radius 2 is 1.90 bits per heavy atom. The first-order chi connectivity index (χ1) is 9.85. The third-order valence-corrected chi connectivity index (χ3v) is 3.99. The van der Waals surface area contributed by atoms with Gasteiger partial charge in [-0.15, -0.1) is 11.8 Å². The van der Waals surface area contributed by atoms with Crippen molar-refractivity contribution in [1.29, 1.82) is 0 Å². The maximum atomic E-state index is 12.1. The number of thioether (sulfide) groups is 1. The lowest BCUT2D eigenvalue weighted by atomic mass is 10.1. The molecule has 0 aliphatic carbocycles. The van der Waals surface area contributed by atoms with Crippen molar-refractivity contribution in [2.24, 2.45) is 0 Å². The van der Waals surface area contributed by atoms with Gasteiger partial charge in [-0.05, 0) is 45.9 Å². The number of carbonyl (C=O) groups is 1. The van der Waals surface area contributed by atoms with E-state index < -0.39 is 0 Å². The van der Waals surface area contributed by atoms with Gasteiger partial charge in [-0.1, -0.05) is 0 Å². The van der Waals surface area contributed by atoms with Crippen molar-refractivity contribution >= 4 is 17.7 Å². The van der Waals surface area contributed by atoms with Gasteiger partial charge in [0.2, 0.25) is 5.91 Å². The van der Waals surface area contributed by atoms with E-state index in [0.717, 1.165) is 22.8 Å². The van der Waals surface area contributed by atoms with Crippen LogP contribution in [0, 0.1) is 0 Å². The van der Waals surface area contributed by atoms with Crippen LogP contribution >= 0.6 is 11.8 Å². The van der Waals surface area contributed by atoms with E-state index in [1.54, 1.807) is 0 Å². The van der Waals surface area contributed by atoms with Crippen molar-refractivity contribution in [2.45, 2.75) is 49.8 Å². The molecule has 0 unspecified atom stereocenters. The highest BCUT2D eigenvalue weighted by atomic mass is 32.2. The van der Waals surface area contributed by atoms with Gasteiger partial charge in [0.25, 0.3) is 0 Å². The average Bonchev–Trinajstić information content (AvgIpc) is 2.61. The van der Waals surface area contributed by atoms with Gasteiger partial charge in [-0.2, -0.15) is 0 Å². The van der Waals surface area contributed by atoms with Crippen LogP contribution in [-0.2, 0) is 4.79 Å². The minimum absolute atomic E-state index is 0.0413. The monoisotopic (exact) mass is 309 g/mol. The summed E-state index contributed by atoms with van der Waals surface area (Å²) in [5.74, 6) is 1.59. The quantitative estimate of drug-likeness (QED) is 0.871. The van der Waals surface area contributed by atoms with Gasteiger partial charge in [0.05, 0.1) is 18.5 Å². The molecule has 2 rings (SSSR count). The standard InChI is InChI=1S/C16H23NO3S/c1-11(15(18)17-16(2,3)4)21-12-6-7-13-14(10-12)20-9-5-8-19-13/h6-7,10-11H,5,8-9H2,1-4H3,(H,17,18)/t11-/m0/s1. The number of hydrogen-bond acceptors (Lipinski definition) is 4. The Hall–Kier alpha value is -1.36. The highest BCUT2D eigenvalue weighted by Gasteiger charge is 2.21. The average molecular weight is 309 g/mol. The molecule has 0 fully saturated rings. The molecular weight excluding hydrogens is 286 g/mol. The summed E-state index contributed by atoms with van der Waals surface area (Å²) < 4.78 is 11.3.